The normalized spacial score (nSPS) is 10.4. The van der Waals surface area contributed by atoms with E-state index in [0.717, 1.165) is 23.8 Å². The van der Waals surface area contributed by atoms with Crippen molar-refractivity contribution in [2.24, 2.45) is 0 Å². The second-order valence-electron chi connectivity index (χ2n) is 6.07. The van der Waals surface area contributed by atoms with E-state index in [1.165, 1.54) is 12.3 Å². The maximum absolute atomic E-state index is 13.7. The Bertz CT molecular complexity index is 962. The average Bonchev–Trinajstić information content (AvgIpc) is 2.71. The van der Waals surface area contributed by atoms with E-state index in [1.54, 1.807) is 19.4 Å². The molecule has 0 saturated carbocycles. The van der Waals surface area contributed by atoms with Gasteiger partial charge in [0.25, 0.3) is 5.91 Å². The van der Waals surface area contributed by atoms with E-state index in [1.807, 2.05) is 24.3 Å². The Balaban J connectivity index is 1.58. The van der Waals surface area contributed by atoms with Crippen molar-refractivity contribution in [3.8, 4) is 5.75 Å². The molecule has 2 aromatic carbocycles. The summed E-state index contributed by atoms with van der Waals surface area (Å²) in [5.41, 5.74) is 1.98. The molecule has 0 bridgehead atoms. The third-order valence-corrected chi connectivity index (χ3v) is 4.08. The van der Waals surface area contributed by atoms with Gasteiger partial charge in [-0.05, 0) is 42.3 Å². The maximum Gasteiger partial charge on any atom is 0.257 e. The molecule has 5 nitrogen and oxygen atoms in total. The van der Waals surface area contributed by atoms with Gasteiger partial charge >= 0.3 is 0 Å². The highest BCUT2D eigenvalue weighted by molar-refractivity contribution is 6.04. The van der Waals surface area contributed by atoms with Gasteiger partial charge in [-0.1, -0.05) is 12.1 Å². The predicted molar refractivity (Wildman–Crippen MR) is 104 cm³/mol. The number of hydrogen-bond acceptors (Lipinski definition) is 4. The maximum atomic E-state index is 13.7. The molecular weight excluding hydrogens is 364 g/mol. The van der Waals surface area contributed by atoms with Crippen molar-refractivity contribution in [3.05, 3.63) is 83.7 Å². The van der Waals surface area contributed by atoms with Crippen molar-refractivity contribution in [1.82, 2.24) is 4.98 Å². The largest absolute Gasteiger partial charge is 0.497 e. The Morgan fingerprint density at radius 3 is 2.57 bits per heavy atom. The van der Waals surface area contributed by atoms with Crippen molar-refractivity contribution in [3.63, 3.8) is 0 Å². The quantitative estimate of drug-likeness (QED) is 0.639. The molecule has 0 unspecified atom stereocenters. The van der Waals surface area contributed by atoms with Gasteiger partial charge in [-0.2, -0.15) is 0 Å². The summed E-state index contributed by atoms with van der Waals surface area (Å²) < 4.78 is 31.8. The van der Waals surface area contributed by atoms with Crippen LogP contribution in [0.4, 0.5) is 20.2 Å². The minimum atomic E-state index is -0.838. The SMILES string of the molecule is COc1ccc(CCNc2cncc(C(=O)Nc3ccc(F)cc3F)c2)cc1. The number of methoxy groups -OCH3 is 1. The fraction of sp³-hybridized carbons (Fsp3) is 0.143. The summed E-state index contributed by atoms with van der Waals surface area (Å²) in [4.78, 5) is 16.3. The molecule has 0 aliphatic carbocycles. The number of halogens is 2. The van der Waals surface area contributed by atoms with Gasteiger partial charge in [0.1, 0.15) is 17.4 Å². The van der Waals surface area contributed by atoms with Crippen LogP contribution in [0.25, 0.3) is 0 Å². The number of hydrogen-bond donors (Lipinski definition) is 2. The molecule has 2 N–H and O–H groups in total. The minimum absolute atomic E-state index is 0.0933. The molecule has 0 aliphatic heterocycles. The summed E-state index contributed by atoms with van der Waals surface area (Å²) >= 11 is 0. The first-order chi connectivity index (χ1) is 13.5. The Hall–Kier alpha value is -3.48. The molecule has 1 heterocycles. The van der Waals surface area contributed by atoms with E-state index in [2.05, 4.69) is 15.6 Å². The van der Waals surface area contributed by atoms with E-state index in [9.17, 15) is 13.6 Å². The number of ether oxygens (including phenoxy) is 1. The van der Waals surface area contributed by atoms with Gasteiger partial charge in [0.15, 0.2) is 0 Å². The third-order valence-electron chi connectivity index (χ3n) is 4.08. The number of rotatable bonds is 7. The summed E-state index contributed by atoms with van der Waals surface area (Å²) in [6, 6.07) is 12.4. The number of nitrogens with zero attached hydrogens (tertiary/aromatic N) is 1. The molecule has 1 aromatic heterocycles. The van der Waals surface area contributed by atoms with Crippen molar-refractivity contribution in [2.45, 2.75) is 6.42 Å². The van der Waals surface area contributed by atoms with Gasteiger partial charge in [0.05, 0.1) is 24.0 Å². The van der Waals surface area contributed by atoms with Crippen LogP contribution in [-0.2, 0) is 6.42 Å². The van der Waals surface area contributed by atoms with E-state index in [4.69, 9.17) is 4.74 Å². The Morgan fingerprint density at radius 1 is 1.07 bits per heavy atom. The lowest BCUT2D eigenvalue weighted by Gasteiger charge is -2.09. The molecule has 0 spiro atoms. The van der Waals surface area contributed by atoms with Gasteiger partial charge in [0.2, 0.25) is 0 Å². The van der Waals surface area contributed by atoms with Crippen LogP contribution in [0.2, 0.25) is 0 Å². The fourth-order valence-electron chi connectivity index (χ4n) is 2.59. The van der Waals surface area contributed by atoms with Gasteiger partial charge in [-0.25, -0.2) is 8.78 Å². The van der Waals surface area contributed by atoms with Crippen molar-refractivity contribution < 1.29 is 18.3 Å². The smallest absolute Gasteiger partial charge is 0.257 e. The summed E-state index contributed by atoms with van der Waals surface area (Å²) in [7, 11) is 1.62. The molecular formula is C21H19F2N3O2. The summed E-state index contributed by atoms with van der Waals surface area (Å²) in [6.07, 6.45) is 3.76. The molecule has 7 heteroatoms. The third kappa shape index (κ3) is 5.03. The molecule has 0 saturated heterocycles. The van der Waals surface area contributed by atoms with Crippen LogP contribution >= 0.6 is 0 Å². The van der Waals surface area contributed by atoms with Crippen LogP contribution in [0.15, 0.2) is 60.9 Å². The van der Waals surface area contributed by atoms with Gasteiger partial charge < -0.3 is 15.4 Å². The van der Waals surface area contributed by atoms with Crippen molar-refractivity contribution in [1.29, 1.82) is 0 Å². The number of benzene rings is 2. The van der Waals surface area contributed by atoms with E-state index >= 15 is 0 Å². The highest BCUT2D eigenvalue weighted by Crippen LogP contribution is 2.17. The highest BCUT2D eigenvalue weighted by atomic mass is 19.1. The van der Waals surface area contributed by atoms with E-state index in [-0.39, 0.29) is 11.3 Å². The molecule has 144 valence electrons. The molecule has 1 amide bonds. The molecule has 0 radical (unpaired) electrons. The molecule has 0 fully saturated rings. The molecule has 0 atom stereocenters. The van der Waals surface area contributed by atoms with Crippen LogP contribution in [-0.4, -0.2) is 24.5 Å². The summed E-state index contributed by atoms with van der Waals surface area (Å²) in [6.45, 7) is 0.645. The Labute approximate surface area is 161 Å². The summed E-state index contributed by atoms with van der Waals surface area (Å²) in [5, 5.41) is 5.62. The first-order valence-corrected chi connectivity index (χ1v) is 8.63. The number of aromatic nitrogens is 1. The zero-order valence-corrected chi connectivity index (χ0v) is 15.2. The number of nitrogens with one attached hydrogen (secondary N) is 2. The molecule has 28 heavy (non-hydrogen) atoms. The Kier molecular flexibility index (Phi) is 6.16. The predicted octanol–water partition coefficient (Wildman–Crippen LogP) is 4.28. The zero-order chi connectivity index (χ0) is 19.9. The van der Waals surface area contributed by atoms with Crippen LogP contribution in [0, 0.1) is 11.6 Å². The lowest BCUT2D eigenvalue weighted by Crippen LogP contribution is -2.14. The van der Waals surface area contributed by atoms with Gasteiger partial charge in [0, 0.05) is 25.0 Å². The Morgan fingerprint density at radius 2 is 1.86 bits per heavy atom. The second kappa shape index (κ2) is 8.94. The van der Waals surface area contributed by atoms with Crippen molar-refractivity contribution >= 4 is 17.3 Å². The topological polar surface area (TPSA) is 63.2 Å². The average molecular weight is 383 g/mol. The lowest BCUT2D eigenvalue weighted by molar-refractivity contribution is 0.102. The van der Waals surface area contributed by atoms with Crippen LogP contribution < -0.4 is 15.4 Å². The van der Waals surface area contributed by atoms with E-state index < -0.39 is 17.5 Å². The minimum Gasteiger partial charge on any atom is -0.497 e. The number of pyridine rings is 1. The van der Waals surface area contributed by atoms with Crippen LogP contribution in [0.1, 0.15) is 15.9 Å². The number of anilines is 2. The fourth-order valence-corrected chi connectivity index (χ4v) is 2.59. The van der Waals surface area contributed by atoms with Crippen LogP contribution in [0.5, 0.6) is 5.75 Å². The monoisotopic (exact) mass is 383 g/mol. The first kappa shape index (κ1) is 19.3. The molecule has 3 rings (SSSR count). The number of carbonyl (C=O) groups excluding carboxylic acids is 1. The standard InChI is InChI=1S/C21H19F2N3O2/c1-28-18-5-2-14(3-6-18)8-9-25-17-10-15(12-24-13-17)21(27)26-20-7-4-16(22)11-19(20)23/h2-7,10-13,25H,8-9H2,1H3,(H,26,27). The van der Waals surface area contributed by atoms with E-state index in [0.29, 0.717) is 18.3 Å². The number of amides is 1. The summed E-state index contributed by atoms with van der Waals surface area (Å²) in [5.74, 6) is -1.27. The van der Waals surface area contributed by atoms with Crippen molar-refractivity contribution in [2.75, 3.05) is 24.3 Å². The first-order valence-electron chi connectivity index (χ1n) is 8.63. The number of carbonyl (C=O) groups is 1. The highest BCUT2D eigenvalue weighted by Gasteiger charge is 2.11. The lowest BCUT2D eigenvalue weighted by atomic mass is 10.1. The van der Waals surface area contributed by atoms with Gasteiger partial charge in [-0.3, -0.25) is 9.78 Å². The van der Waals surface area contributed by atoms with Crippen LogP contribution in [0.3, 0.4) is 0 Å². The zero-order valence-electron chi connectivity index (χ0n) is 15.2. The van der Waals surface area contributed by atoms with Gasteiger partial charge in [-0.15, -0.1) is 0 Å². The molecule has 0 aliphatic rings. The second-order valence-corrected chi connectivity index (χ2v) is 6.07. The molecule has 3 aromatic rings.